The van der Waals surface area contributed by atoms with Gasteiger partial charge in [-0.1, -0.05) is 0 Å². The van der Waals surface area contributed by atoms with Gasteiger partial charge in [-0.3, -0.25) is 4.79 Å². The predicted octanol–water partition coefficient (Wildman–Crippen LogP) is 2.55. The Hall–Kier alpha value is -0.980. The fourth-order valence-corrected chi connectivity index (χ4v) is 4.59. The number of aromatic nitrogens is 1. The van der Waals surface area contributed by atoms with Crippen LogP contribution in [0.3, 0.4) is 0 Å². The van der Waals surface area contributed by atoms with Crippen LogP contribution in [-0.4, -0.2) is 60.6 Å². The summed E-state index contributed by atoms with van der Waals surface area (Å²) in [7, 11) is 2.17. The van der Waals surface area contributed by atoms with E-state index in [1.54, 1.807) is 11.3 Å². The van der Waals surface area contributed by atoms with E-state index >= 15 is 0 Å². The van der Waals surface area contributed by atoms with Crippen molar-refractivity contribution in [2.75, 3.05) is 39.9 Å². The number of hydrogen-bond donors (Lipinski definition) is 0. The van der Waals surface area contributed by atoms with Crippen molar-refractivity contribution in [2.45, 2.75) is 39.2 Å². The fraction of sp³-hybridized carbons (Fsp3) is 0.778. The summed E-state index contributed by atoms with van der Waals surface area (Å²) < 4.78 is 5.39. The van der Waals surface area contributed by atoms with Crippen molar-refractivity contribution in [1.29, 1.82) is 0 Å². The molecule has 2 atom stereocenters. The maximum Gasteiger partial charge on any atom is 0.222 e. The lowest BCUT2D eigenvalue weighted by Crippen LogP contribution is -2.31. The van der Waals surface area contributed by atoms with Crippen LogP contribution in [0.5, 0.6) is 0 Å². The number of aryl methyl sites for hydroxylation is 1. The molecule has 0 radical (unpaired) electrons. The van der Waals surface area contributed by atoms with Crippen LogP contribution in [0.25, 0.3) is 0 Å². The van der Waals surface area contributed by atoms with Gasteiger partial charge in [0.15, 0.2) is 0 Å². The quantitative estimate of drug-likeness (QED) is 0.757. The molecular formula is C18H29N3O2S. The minimum absolute atomic E-state index is 0.338. The zero-order chi connectivity index (χ0) is 16.9. The Balaban J connectivity index is 1.38. The molecule has 3 rings (SSSR count). The number of carbonyl (C=O) groups is 1. The second-order valence-electron chi connectivity index (χ2n) is 7.32. The monoisotopic (exact) mass is 351 g/mol. The van der Waals surface area contributed by atoms with Crippen molar-refractivity contribution in [2.24, 2.45) is 11.8 Å². The Bertz CT molecular complexity index is 542. The van der Waals surface area contributed by atoms with Crippen LogP contribution in [0.1, 0.15) is 36.3 Å². The molecule has 1 aromatic rings. The third-order valence-corrected chi connectivity index (χ3v) is 6.18. The highest BCUT2D eigenvalue weighted by Gasteiger charge is 2.27. The number of likely N-dealkylation sites (tertiary alicyclic amines) is 1. The first-order valence-electron chi connectivity index (χ1n) is 9.05. The van der Waals surface area contributed by atoms with Gasteiger partial charge in [0.05, 0.1) is 11.2 Å². The molecule has 0 saturated carbocycles. The Kier molecular flexibility index (Phi) is 6.25. The van der Waals surface area contributed by atoms with Gasteiger partial charge in [0.2, 0.25) is 5.91 Å². The Morgan fingerprint density at radius 2 is 2.33 bits per heavy atom. The summed E-state index contributed by atoms with van der Waals surface area (Å²) in [6.07, 6.45) is 3.93. The lowest BCUT2D eigenvalue weighted by atomic mass is 10.0. The Morgan fingerprint density at radius 1 is 1.46 bits per heavy atom. The van der Waals surface area contributed by atoms with E-state index in [0.29, 0.717) is 24.2 Å². The second kappa shape index (κ2) is 8.41. The first-order chi connectivity index (χ1) is 11.6. The molecule has 3 heterocycles. The summed E-state index contributed by atoms with van der Waals surface area (Å²) in [5.41, 5.74) is 3.06. The third-order valence-electron chi connectivity index (χ3n) is 5.26. The fourth-order valence-electron chi connectivity index (χ4n) is 3.73. The summed E-state index contributed by atoms with van der Waals surface area (Å²) in [5, 5.41) is 0. The number of ether oxygens (including phenoxy) is 1. The summed E-state index contributed by atoms with van der Waals surface area (Å²) in [6, 6.07) is 0. The molecule has 0 unspecified atom stereocenters. The van der Waals surface area contributed by atoms with Crippen molar-refractivity contribution in [3.63, 3.8) is 0 Å². The third kappa shape index (κ3) is 4.77. The summed E-state index contributed by atoms with van der Waals surface area (Å²) in [4.78, 5) is 22.5. The lowest BCUT2D eigenvalue weighted by molar-refractivity contribution is -0.130. The van der Waals surface area contributed by atoms with E-state index in [1.165, 1.54) is 4.88 Å². The SMILES string of the molecule is Cc1ncsc1CN(C)C[C@@H]1CCN(C(=O)CC[C@@H]2CCOC2)C1. The molecular weight excluding hydrogens is 322 g/mol. The van der Waals surface area contributed by atoms with Crippen LogP contribution in [0.4, 0.5) is 0 Å². The highest BCUT2D eigenvalue weighted by molar-refractivity contribution is 7.09. The van der Waals surface area contributed by atoms with Crippen molar-refractivity contribution in [3.05, 3.63) is 16.1 Å². The lowest BCUT2D eigenvalue weighted by Gasteiger charge is -2.21. The molecule has 5 nitrogen and oxygen atoms in total. The van der Waals surface area contributed by atoms with Crippen LogP contribution in [0.2, 0.25) is 0 Å². The van der Waals surface area contributed by atoms with Crippen LogP contribution in [-0.2, 0) is 16.1 Å². The van der Waals surface area contributed by atoms with Gasteiger partial charge in [-0.05, 0) is 45.1 Å². The first kappa shape index (κ1) is 17.8. The second-order valence-corrected chi connectivity index (χ2v) is 8.26. The zero-order valence-corrected chi connectivity index (χ0v) is 15.7. The largest absolute Gasteiger partial charge is 0.381 e. The summed E-state index contributed by atoms with van der Waals surface area (Å²) in [6.45, 7) is 7.66. The highest BCUT2D eigenvalue weighted by Crippen LogP contribution is 2.23. The molecule has 2 saturated heterocycles. The van der Waals surface area contributed by atoms with E-state index in [9.17, 15) is 4.79 Å². The van der Waals surface area contributed by atoms with Crippen molar-refractivity contribution < 1.29 is 9.53 Å². The average Bonchev–Trinajstić information content (AvgIpc) is 3.28. The smallest absolute Gasteiger partial charge is 0.222 e. The van der Waals surface area contributed by atoms with Gasteiger partial charge in [0, 0.05) is 50.7 Å². The van der Waals surface area contributed by atoms with Gasteiger partial charge >= 0.3 is 0 Å². The standard InChI is InChI=1S/C18H29N3O2S/c1-14-17(24-13-19-14)11-20(2)9-16-5-7-21(10-16)18(22)4-3-15-6-8-23-12-15/h13,15-16H,3-12H2,1-2H3/t15-,16+/m1/s1. The molecule has 0 bridgehead atoms. The molecule has 134 valence electrons. The molecule has 0 aliphatic carbocycles. The molecule has 0 N–H and O–H groups in total. The zero-order valence-electron chi connectivity index (χ0n) is 14.9. The minimum atomic E-state index is 0.338. The molecule has 0 aromatic carbocycles. The molecule has 1 amide bonds. The van der Waals surface area contributed by atoms with Crippen LogP contribution >= 0.6 is 11.3 Å². The van der Waals surface area contributed by atoms with Gasteiger partial charge < -0.3 is 14.5 Å². The molecule has 24 heavy (non-hydrogen) atoms. The van der Waals surface area contributed by atoms with E-state index in [2.05, 4.69) is 28.8 Å². The van der Waals surface area contributed by atoms with E-state index < -0.39 is 0 Å². The summed E-state index contributed by atoms with van der Waals surface area (Å²) in [5.74, 6) is 1.54. The minimum Gasteiger partial charge on any atom is -0.381 e. The summed E-state index contributed by atoms with van der Waals surface area (Å²) >= 11 is 1.73. The van der Waals surface area contributed by atoms with Gasteiger partial charge in [0.1, 0.15) is 0 Å². The number of carbonyl (C=O) groups excluding carboxylic acids is 1. The van der Waals surface area contributed by atoms with Crippen molar-refractivity contribution in [1.82, 2.24) is 14.8 Å². The maximum atomic E-state index is 12.4. The maximum absolute atomic E-state index is 12.4. The van der Waals surface area contributed by atoms with Gasteiger partial charge in [0.25, 0.3) is 0 Å². The predicted molar refractivity (Wildman–Crippen MR) is 96.0 cm³/mol. The van der Waals surface area contributed by atoms with E-state index in [-0.39, 0.29) is 0 Å². The molecule has 6 heteroatoms. The van der Waals surface area contributed by atoms with Gasteiger partial charge in [-0.2, -0.15) is 0 Å². The van der Waals surface area contributed by atoms with Crippen molar-refractivity contribution in [3.8, 4) is 0 Å². The topological polar surface area (TPSA) is 45.7 Å². The number of amides is 1. The molecule has 2 aliphatic rings. The van der Waals surface area contributed by atoms with Gasteiger partial charge in [-0.15, -0.1) is 11.3 Å². The van der Waals surface area contributed by atoms with E-state index in [4.69, 9.17) is 4.74 Å². The molecule has 2 aliphatic heterocycles. The van der Waals surface area contributed by atoms with Gasteiger partial charge in [-0.25, -0.2) is 4.98 Å². The normalized spacial score (nSPS) is 24.2. The molecule has 0 spiro atoms. The average molecular weight is 352 g/mol. The molecule has 2 fully saturated rings. The van der Waals surface area contributed by atoms with E-state index in [0.717, 1.165) is 64.3 Å². The first-order valence-corrected chi connectivity index (χ1v) is 9.93. The van der Waals surface area contributed by atoms with Crippen LogP contribution in [0, 0.1) is 18.8 Å². The number of nitrogens with zero attached hydrogens (tertiary/aromatic N) is 3. The van der Waals surface area contributed by atoms with Crippen LogP contribution in [0.15, 0.2) is 5.51 Å². The Morgan fingerprint density at radius 3 is 3.04 bits per heavy atom. The van der Waals surface area contributed by atoms with Crippen LogP contribution < -0.4 is 0 Å². The molecule has 1 aromatic heterocycles. The number of hydrogen-bond acceptors (Lipinski definition) is 5. The van der Waals surface area contributed by atoms with Crippen molar-refractivity contribution >= 4 is 17.2 Å². The number of thiazole rings is 1. The number of rotatable bonds is 7. The van der Waals surface area contributed by atoms with E-state index in [1.807, 2.05) is 5.51 Å². The highest BCUT2D eigenvalue weighted by atomic mass is 32.1. The Labute approximate surface area is 149 Å².